The van der Waals surface area contributed by atoms with Gasteiger partial charge in [0, 0.05) is 5.56 Å². The molecule has 2 N–H and O–H groups in total. The second-order valence-electron chi connectivity index (χ2n) is 4.87. The average molecular weight is 277 g/mol. The molecule has 0 aliphatic heterocycles. The van der Waals surface area contributed by atoms with Crippen molar-refractivity contribution >= 4 is 5.69 Å². The van der Waals surface area contributed by atoms with E-state index in [1.165, 1.54) is 0 Å². The lowest BCUT2D eigenvalue weighted by Gasteiger charge is -2.07. The Hall–Kier alpha value is -2.81. The Labute approximate surface area is 122 Å². The topological polar surface area (TPSA) is 56.2 Å². The van der Waals surface area contributed by atoms with Crippen LogP contribution < -0.4 is 11.4 Å². The Kier molecular flexibility index (Phi) is 3.56. The van der Waals surface area contributed by atoms with E-state index in [9.17, 15) is 4.79 Å². The predicted octanol–water partition coefficient (Wildman–Crippen LogP) is 3.48. The first-order chi connectivity index (χ1) is 10.2. The van der Waals surface area contributed by atoms with Crippen molar-refractivity contribution in [1.29, 1.82) is 0 Å². The van der Waals surface area contributed by atoms with Crippen LogP contribution in [0.5, 0.6) is 0 Å². The van der Waals surface area contributed by atoms with Gasteiger partial charge < -0.3 is 10.2 Å². The zero-order valence-electron chi connectivity index (χ0n) is 11.5. The quantitative estimate of drug-likeness (QED) is 0.797. The molecule has 0 fully saturated rings. The Morgan fingerprint density at radius 1 is 0.905 bits per heavy atom. The Morgan fingerprint density at radius 2 is 1.52 bits per heavy atom. The summed E-state index contributed by atoms with van der Waals surface area (Å²) < 4.78 is 5.29. The van der Waals surface area contributed by atoms with Gasteiger partial charge in [0.05, 0.1) is 0 Å². The highest BCUT2D eigenvalue weighted by Crippen LogP contribution is 2.22. The second kappa shape index (κ2) is 5.67. The van der Waals surface area contributed by atoms with E-state index in [1.807, 2.05) is 66.7 Å². The first kappa shape index (κ1) is 13.2. The fraction of sp³-hybridized carbons (Fsp3) is 0.0556. The SMILES string of the molecule is Nc1c(Cc2ccccc2)cc(-c2ccccc2)oc1=O. The maximum atomic E-state index is 11.9. The molecule has 1 heterocycles. The van der Waals surface area contributed by atoms with Crippen molar-refractivity contribution in [2.75, 3.05) is 5.73 Å². The van der Waals surface area contributed by atoms with E-state index in [1.54, 1.807) is 0 Å². The van der Waals surface area contributed by atoms with Gasteiger partial charge in [0.15, 0.2) is 0 Å². The van der Waals surface area contributed by atoms with E-state index in [4.69, 9.17) is 10.2 Å². The average Bonchev–Trinajstić information content (AvgIpc) is 2.53. The van der Waals surface area contributed by atoms with E-state index in [2.05, 4.69) is 0 Å². The third kappa shape index (κ3) is 2.87. The minimum absolute atomic E-state index is 0.179. The fourth-order valence-corrected chi connectivity index (χ4v) is 2.26. The molecule has 3 aromatic rings. The molecule has 0 unspecified atom stereocenters. The van der Waals surface area contributed by atoms with Gasteiger partial charge in [-0.25, -0.2) is 4.79 Å². The van der Waals surface area contributed by atoms with Gasteiger partial charge in [-0.05, 0) is 23.6 Å². The molecule has 0 saturated heterocycles. The zero-order chi connectivity index (χ0) is 14.7. The van der Waals surface area contributed by atoms with Crippen molar-refractivity contribution in [3.63, 3.8) is 0 Å². The first-order valence-corrected chi connectivity index (χ1v) is 6.76. The van der Waals surface area contributed by atoms with E-state index in [-0.39, 0.29) is 5.69 Å². The van der Waals surface area contributed by atoms with E-state index >= 15 is 0 Å². The molecule has 21 heavy (non-hydrogen) atoms. The Balaban J connectivity index is 2.05. The van der Waals surface area contributed by atoms with Crippen LogP contribution in [0, 0.1) is 0 Å². The van der Waals surface area contributed by atoms with Gasteiger partial charge in [0.1, 0.15) is 11.4 Å². The highest BCUT2D eigenvalue weighted by atomic mass is 16.4. The Morgan fingerprint density at radius 3 is 2.19 bits per heavy atom. The predicted molar refractivity (Wildman–Crippen MR) is 84.1 cm³/mol. The number of hydrogen-bond donors (Lipinski definition) is 1. The maximum absolute atomic E-state index is 11.9. The summed E-state index contributed by atoms with van der Waals surface area (Å²) in [6.07, 6.45) is 0.609. The van der Waals surface area contributed by atoms with Crippen LogP contribution in [0.25, 0.3) is 11.3 Å². The second-order valence-corrected chi connectivity index (χ2v) is 4.87. The molecule has 0 aliphatic rings. The third-order valence-corrected chi connectivity index (χ3v) is 3.37. The summed E-state index contributed by atoms with van der Waals surface area (Å²) in [4.78, 5) is 11.9. The molecule has 0 spiro atoms. The molecule has 2 aromatic carbocycles. The van der Waals surface area contributed by atoms with Gasteiger partial charge >= 0.3 is 5.63 Å². The van der Waals surface area contributed by atoms with Crippen molar-refractivity contribution in [2.24, 2.45) is 0 Å². The largest absolute Gasteiger partial charge is 0.421 e. The molecule has 0 amide bonds. The molecule has 0 aliphatic carbocycles. The van der Waals surface area contributed by atoms with Crippen LogP contribution in [0.4, 0.5) is 5.69 Å². The minimum atomic E-state index is -0.484. The van der Waals surface area contributed by atoms with Crippen LogP contribution in [0.3, 0.4) is 0 Å². The van der Waals surface area contributed by atoms with E-state index in [0.29, 0.717) is 12.2 Å². The monoisotopic (exact) mass is 277 g/mol. The summed E-state index contributed by atoms with van der Waals surface area (Å²) in [5, 5.41) is 0. The summed E-state index contributed by atoms with van der Waals surface area (Å²) in [5.74, 6) is 0.542. The standard InChI is InChI=1S/C18H15NO2/c19-17-15(11-13-7-3-1-4-8-13)12-16(21-18(17)20)14-9-5-2-6-10-14/h1-10,12H,11,19H2. The van der Waals surface area contributed by atoms with Crippen LogP contribution in [0.2, 0.25) is 0 Å². The molecular weight excluding hydrogens is 262 g/mol. The molecule has 3 rings (SSSR count). The van der Waals surface area contributed by atoms with E-state index < -0.39 is 5.63 Å². The smallest absolute Gasteiger partial charge is 0.359 e. The zero-order valence-corrected chi connectivity index (χ0v) is 11.5. The fourth-order valence-electron chi connectivity index (χ4n) is 2.26. The third-order valence-electron chi connectivity index (χ3n) is 3.37. The molecule has 3 nitrogen and oxygen atoms in total. The number of hydrogen-bond acceptors (Lipinski definition) is 3. The molecular formula is C18H15NO2. The van der Waals surface area contributed by atoms with Crippen LogP contribution in [0.1, 0.15) is 11.1 Å². The lowest BCUT2D eigenvalue weighted by molar-refractivity contribution is 0.527. The lowest BCUT2D eigenvalue weighted by Crippen LogP contribution is -2.11. The van der Waals surface area contributed by atoms with Gasteiger partial charge in [-0.1, -0.05) is 60.7 Å². The summed E-state index contributed by atoms with van der Waals surface area (Å²) in [6.45, 7) is 0. The molecule has 104 valence electrons. The van der Waals surface area contributed by atoms with Crippen molar-refractivity contribution in [3.05, 3.63) is 88.3 Å². The summed E-state index contributed by atoms with van der Waals surface area (Å²) in [7, 11) is 0. The van der Waals surface area contributed by atoms with Crippen molar-refractivity contribution in [3.8, 4) is 11.3 Å². The molecule has 0 saturated carbocycles. The van der Waals surface area contributed by atoms with Crippen LogP contribution >= 0.6 is 0 Å². The molecule has 0 bridgehead atoms. The Bertz CT molecular complexity index is 792. The number of rotatable bonds is 3. The maximum Gasteiger partial charge on any atom is 0.359 e. The highest BCUT2D eigenvalue weighted by Gasteiger charge is 2.10. The summed E-state index contributed by atoms with van der Waals surface area (Å²) in [6, 6.07) is 21.3. The van der Waals surface area contributed by atoms with Crippen LogP contribution in [0.15, 0.2) is 75.9 Å². The lowest BCUT2D eigenvalue weighted by atomic mass is 10.0. The van der Waals surface area contributed by atoms with Crippen molar-refractivity contribution in [2.45, 2.75) is 6.42 Å². The van der Waals surface area contributed by atoms with Gasteiger partial charge in [-0.3, -0.25) is 0 Å². The number of nitrogen functional groups attached to an aromatic ring is 1. The molecule has 0 atom stereocenters. The molecule has 0 radical (unpaired) electrons. The van der Waals surface area contributed by atoms with Gasteiger partial charge in [-0.2, -0.15) is 0 Å². The first-order valence-electron chi connectivity index (χ1n) is 6.76. The van der Waals surface area contributed by atoms with Crippen LogP contribution in [-0.2, 0) is 6.42 Å². The molecule has 3 heteroatoms. The van der Waals surface area contributed by atoms with E-state index in [0.717, 1.165) is 16.7 Å². The number of anilines is 1. The van der Waals surface area contributed by atoms with Crippen LogP contribution in [-0.4, -0.2) is 0 Å². The van der Waals surface area contributed by atoms with Crippen molar-refractivity contribution < 1.29 is 4.42 Å². The van der Waals surface area contributed by atoms with Gasteiger partial charge in [0.25, 0.3) is 0 Å². The summed E-state index contributed by atoms with van der Waals surface area (Å²) in [5.41, 5.74) is 8.32. The molecule has 1 aromatic heterocycles. The number of nitrogens with two attached hydrogens (primary N) is 1. The normalized spacial score (nSPS) is 10.5. The van der Waals surface area contributed by atoms with Crippen molar-refractivity contribution in [1.82, 2.24) is 0 Å². The van der Waals surface area contributed by atoms with Gasteiger partial charge in [-0.15, -0.1) is 0 Å². The summed E-state index contributed by atoms with van der Waals surface area (Å²) >= 11 is 0. The number of benzene rings is 2. The highest BCUT2D eigenvalue weighted by molar-refractivity contribution is 5.61. The van der Waals surface area contributed by atoms with Gasteiger partial charge in [0.2, 0.25) is 0 Å². The minimum Gasteiger partial charge on any atom is -0.421 e.